The Morgan fingerprint density at radius 3 is 2.58 bits per heavy atom. The number of halogens is 1. The smallest absolute Gasteiger partial charge is 0.336 e. The van der Waals surface area contributed by atoms with Gasteiger partial charge in [0.2, 0.25) is 0 Å². The van der Waals surface area contributed by atoms with Crippen LogP contribution in [0.5, 0.6) is 0 Å². The third kappa shape index (κ3) is 3.48. The van der Waals surface area contributed by atoms with Crippen LogP contribution >= 0.6 is 15.9 Å². The van der Waals surface area contributed by atoms with E-state index in [1.165, 1.54) is 6.07 Å². The molecule has 0 bridgehead atoms. The summed E-state index contributed by atoms with van der Waals surface area (Å²) in [4.78, 5) is 15.3. The summed E-state index contributed by atoms with van der Waals surface area (Å²) in [6.45, 7) is 0. The Morgan fingerprint density at radius 2 is 1.95 bits per heavy atom. The van der Waals surface area contributed by atoms with E-state index in [1.807, 2.05) is 0 Å². The largest absolute Gasteiger partial charge is 0.478 e. The molecule has 1 N–H and O–H groups in total. The summed E-state index contributed by atoms with van der Waals surface area (Å²) in [6, 6.07) is 8.18. The summed E-state index contributed by atoms with van der Waals surface area (Å²) >= 11 is 3.26. The highest BCUT2D eigenvalue weighted by molar-refractivity contribution is 9.10. The lowest BCUT2D eigenvalue weighted by molar-refractivity contribution is 0.0693. The van der Waals surface area contributed by atoms with Crippen molar-refractivity contribution in [3.8, 4) is 0 Å². The summed E-state index contributed by atoms with van der Waals surface area (Å²) in [5, 5.41) is 9.11. The highest BCUT2D eigenvalue weighted by Crippen LogP contribution is 2.22. The third-order valence-electron chi connectivity index (χ3n) is 2.47. The molecule has 0 spiro atoms. The zero-order chi connectivity index (χ0) is 13.8. The second kappa shape index (κ2) is 6.08. The van der Waals surface area contributed by atoms with Gasteiger partial charge in [0.1, 0.15) is 0 Å². The van der Waals surface area contributed by atoms with Crippen molar-refractivity contribution in [2.75, 3.05) is 0 Å². The molecule has 0 aliphatic rings. The second-order valence-electron chi connectivity index (χ2n) is 3.79. The number of carbonyl (C=O) groups is 1. The van der Waals surface area contributed by atoms with Gasteiger partial charge >= 0.3 is 5.97 Å². The van der Waals surface area contributed by atoms with Gasteiger partial charge in [-0.05, 0) is 35.9 Å². The lowest BCUT2D eigenvalue weighted by atomic mass is 10.2. The molecule has 1 unspecified atom stereocenters. The van der Waals surface area contributed by atoms with Gasteiger partial charge < -0.3 is 5.11 Å². The fourth-order valence-electron chi connectivity index (χ4n) is 1.57. The minimum atomic E-state index is -1.42. The Morgan fingerprint density at radius 1 is 1.26 bits per heavy atom. The molecule has 6 heteroatoms. The van der Waals surface area contributed by atoms with Crippen LogP contribution in [0, 0.1) is 0 Å². The Bertz CT molecular complexity index is 631. The fraction of sp³-hybridized carbons (Fsp3) is 0.0769. The van der Waals surface area contributed by atoms with E-state index in [9.17, 15) is 9.00 Å². The van der Waals surface area contributed by atoms with Crippen molar-refractivity contribution < 1.29 is 14.1 Å². The maximum Gasteiger partial charge on any atom is 0.336 e. The maximum atomic E-state index is 12.3. The third-order valence-corrected chi connectivity index (χ3v) is 4.38. The second-order valence-corrected chi connectivity index (χ2v) is 6.13. The van der Waals surface area contributed by atoms with Gasteiger partial charge in [-0.2, -0.15) is 0 Å². The van der Waals surface area contributed by atoms with Crippen LogP contribution in [0.2, 0.25) is 0 Å². The van der Waals surface area contributed by atoms with E-state index in [2.05, 4.69) is 20.9 Å². The number of pyridine rings is 1. The molecule has 1 aromatic heterocycles. The molecule has 1 aromatic carbocycles. The first-order valence-corrected chi connectivity index (χ1v) is 7.49. The minimum absolute atomic E-state index is 0.0654. The number of benzene rings is 1. The predicted molar refractivity (Wildman–Crippen MR) is 75.5 cm³/mol. The van der Waals surface area contributed by atoms with Gasteiger partial charge in [0.05, 0.1) is 27.0 Å². The van der Waals surface area contributed by atoms with E-state index >= 15 is 0 Å². The number of aromatic nitrogens is 1. The summed E-state index contributed by atoms with van der Waals surface area (Å²) < 4.78 is 13.0. The zero-order valence-electron chi connectivity index (χ0n) is 9.75. The fourth-order valence-corrected chi connectivity index (χ4v) is 3.39. The van der Waals surface area contributed by atoms with Crippen LogP contribution in [0.4, 0.5) is 0 Å². The Balaban J connectivity index is 2.33. The molecule has 4 nitrogen and oxygen atoms in total. The number of hydrogen-bond acceptors (Lipinski definition) is 3. The van der Waals surface area contributed by atoms with Gasteiger partial charge in [-0.1, -0.05) is 15.9 Å². The molecule has 0 saturated heterocycles. The number of aromatic carboxylic acids is 1. The molecule has 19 heavy (non-hydrogen) atoms. The maximum absolute atomic E-state index is 12.3. The summed E-state index contributed by atoms with van der Waals surface area (Å²) in [7, 11) is -1.42. The van der Waals surface area contributed by atoms with Crippen molar-refractivity contribution in [3.63, 3.8) is 0 Å². The predicted octanol–water partition coefficient (Wildman–Crippen LogP) is 2.85. The van der Waals surface area contributed by atoms with E-state index in [4.69, 9.17) is 5.11 Å². The Kier molecular flexibility index (Phi) is 4.44. The van der Waals surface area contributed by atoms with Crippen molar-refractivity contribution in [1.29, 1.82) is 0 Å². The van der Waals surface area contributed by atoms with Crippen LogP contribution < -0.4 is 0 Å². The summed E-state index contributed by atoms with van der Waals surface area (Å²) in [5.41, 5.74) is 0.917. The van der Waals surface area contributed by atoms with Crippen LogP contribution in [0.3, 0.4) is 0 Å². The average Bonchev–Trinajstić information content (AvgIpc) is 2.39. The van der Waals surface area contributed by atoms with Crippen molar-refractivity contribution >= 4 is 32.7 Å². The average molecular weight is 340 g/mol. The van der Waals surface area contributed by atoms with Gasteiger partial charge in [-0.25, -0.2) is 4.79 Å². The van der Waals surface area contributed by atoms with Gasteiger partial charge in [0.25, 0.3) is 0 Å². The molecular weight excluding hydrogens is 330 g/mol. The summed E-state index contributed by atoms with van der Waals surface area (Å²) in [5.74, 6) is -0.815. The zero-order valence-corrected chi connectivity index (χ0v) is 12.1. The molecule has 0 radical (unpaired) electrons. The van der Waals surface area contributed by atoms with Crippen molar-refractivity contribution in [3.05, 3.63) is 58.3 Å². The molecule has 0 aliphatic heterocycles. The quantitative estimate of drug-likeness (QED) is 0.929. The van der Waals surface area contributed by atoms with Crippen LogP contribution in [-0.2, 0) is 16.6 Å². The number of rotatable bonds is 4. The van der Waals surface area contributed by atoms with Crippen molar-refractivity contribution in [1.82, 2.24) is 4.98 Å². The monoisotopic (exact) mass is 339 g/mol. The van der Waals surface area contributed by atoms with Crippen LogP contribution in [0.1, 0.15) is 15.9 Å². The Labute approximate surface area is 121 Å². The molecule has 1 atom stereocenters. The van der Waals surface area contributed by atoms with Crippen molar-refractivity contribution in [2.24, 2.45) is 0 Å². The molecule has 0 amide bonds. The van der Waals surface area contributed by atoms with E-state index in [-0.39, 0.29) is 11.3 Å². The van der Waals surface area contributed by atoms with Gasteiger partial charge in [0.15, 0.2) is 0 Å². The SMILES string of the molecule is O=C(O)c1ccc(Br)cc1S(=O)Cc1ccncc1. The topological polar surface area (TPSA) is 67.3 Å². The van der Waals surface area contributed by atoms with Gasteiger partial charge in [-0.15, -0.1) is 0 Å². The molecular formula is C13H10BrNO3S. The van der Waals surface area contributed by atoms with E-state index in [0.29, 0.717) is 9.37 Å². The standard InChI is InChI=1S/C13H10BrNO3S/c14-10-1-2-11(13(16)17)12(7-10)19(18)8-9-3-5-15-6-4-9/h1-7H,8H2,(H,16,17). The summed E-state index contributed by atoms with van der Waals surface area (Å²) in [6.07, 6.45) is 3.23. The van der Waals surface area contributed by atoms with Crippen LogP contribution in [-0.4, -0.2) is 20.3 Å². The molecule has 2 aromatic rings. The number of nitrogens with zero attached hydrogens (tertiary/aromatic N) is 1. The first-order chi connectivity index (χ1) is 9.08. The first-order valence-electron chi connectivity index (χ1n) is 5.38. The molecule has 0 saturated carbocycles. The Hall–Kier alpha value is -1.53. The van der Waals surface area contributed by atoms with E-state index < -0.39 is 16.8 Å². The first kappa shape index (κ1) is 13.9. The molecule has 98 valence electrons. The van der Waals surface area contributed by atoms with Crippen molar-refractivity contribution in [2.45, 2.75) is 10.6 Å². The van der Waals surface area contributed by atoms with Gasteiger partial charge in [-0.3, -0.25) is 9.19 Å². The van der Waals surface area contributed by atoms with E-state index in [1.54, 1.807) is 36.7 Å². The molecule has 1 heterocycles. The van der Waals surface area contributed by atoms with Gasteiger partial charge in [0, 0.05) is 16.9 Å². The number of hydrogen-bond donors (Lipinski definition) is 1. The highest BCUT2D eigenvalue weighted by Gasteiger charge is 2.16. The van der Waals surface area contributed by atoms with Crippen LogP contribution in [0.25, 0.3) is 0 Å². The normalized spacial score (nSPS) is 12.1. The number of carboxylic acid groups (broad SMARTS) is 1. The molecule has 0 fully saturated rings. The highest BCUT2D eigenvalue weighted by atomic mass is 79.9. The van der Waals surface area contributed by atoms with E-state index in [0.717, 1.165) is 5.56 Å². The number of carboxylic acids is 1. The minimum Gasteiger partial charge on any atom is -0.478 e. The lowest BCUT2D eigenvalue weighted by Gasteiger charge is -2.07. The molecule has 2 rings (SSSR count). The van der Waals surface area contributed by atoms with Crippen LogP contribution in [0.15, 0.2) is 52.1 Å². The molecule has 0 aliphatic carbocycles. The lowest BCUT2D eigenvalue weighted by Crippen LogP contribution is -2.06.